The molecule has 19 heavy (non-hydrogen) atoms. The van der Waals surface area contributed by atoms with Crippen LogP contribution in [0, 0.1) is 11.6 Å². The van der Waals surface area contributed by atoms with Crippen LogP contribution in [0.15, 0.2) is 18.2 Å². The van der Waals surface area contributed by atoms with Gasteiger partial charge in [0.1, 0.15) is 11.6 Å². The van der Waals surface area contributed by atoms with E-state index in [4.69, 9.17) is 4.74 Å². The number of rotatable bonds is 6. The highest BCUT2D eigenvalue weighted by Crippen LogP contribution is 2.12. The van der Waals surface area contributed by atoms with Gasteiger partial charge < -0.3 is 10.1 Å². The first kappa shape index (κ1) is 14.4. The summed E-state index contributed by atoms with van der Waals surface area (Å²) in [5, 5.41) is 3.32. The molecular weight excluding hydrogens is 250 g/mol. The number of nitrogens with zero attached hydrogens (tertiary/aromatic N) is 1. The van der Waals surface area contributed by atoms with E-state index < -0.39 is 11.6 Å². The summed E-state index contributed by atoms with van der Waals surface area (Å²) in [5.41, 5.74) is 0.511. The summed E-state index contributed by atoms with van der Waals surface area (Å²) >= 11 is 0. The average Bonchev–Trinajstić information content (AvgIpc) is 2.83. The Morgan fingerprint density at radius 1 is 1.42 bits per heavy atom. The molecule has 1 atom stereocenters. The summed E-state index contributed by atoms with van der Waals surface area (Å²) in [6.45, 7) is 4.09. The van der Waals surface area contributed by atoms with E-state index in [1.165, 1.54) is 12.1 Å². The number of benzene rings is 1. The van der Waals surface area contributed by atoms with Crippen LogP contribution in [0.4, 0.5) is 8.78 Å². The van der Waals surface area contributed by atoms with Crippen LogP contribution in [0.3, 0.4) is 0 Å². The molecule has 5 heteroatoms. The molecule has 0 saturated carbocycles. The van der Waals surface area contributed by atoms with Gasteiger partial charge in [-0.15, -0.1) is 0 Å². The minimum absolute atomic E-state index is 0.362. The Hall–Kier alpha value is -1.04. The molecule has 1 heterocycles. The second-order valence-electron chi connectivity index (χ2n) is 4.90. The Balaban J connectivity index is 1.77. The quantitative estimate of drug-likeness (QED) is 0.852. The lowest BCUT2D eigenvalue weighted by Crippen LogP contribution is -2.33. The molecule has 0 amide bonds. The normalized spacial score (nSPS) is 20.1. The van der Waals surface area contributed by atoms with Gasteiger partial charge in [-0.3, -0.25) is 4.90 Å². The number of methoxy groups -OCH3 is 1. The smallest absolute Gasteiger partial charge is 0.130 e. The van der Waals surface area contributed by atoms with Gasteiger partial charge in [-0.2, -0.15) is 0 Å². The van der Waals surface area contributed by atoms with Crippen molar-refractivity contribution in [1.29, 1.82) is 0 Å². The lowest BCUT2D eigenvalue weighted by molar-refractivity contribution is 0.159. The van der Waals surface area contributed by atoms with E-state index in [-0.39, 0.29) is 0 Å². The van der Waals surface area contributed by atoms with Gasteiger partial charge in [0.15, 0.2) is 0 Å². The summed E-state index contributed by atoms with van der Waals surface area (Å²) in [6.07, 6.45) is 1.05. The maximum atomic E-state index is 13.5. The van der Waals surface area contributed by atoms with Crippen molar-refractivity contribution in [3.8, 4) is 0 Å². The molecule has 3 nitrogen and oxygen atoms in total. The third-order valence-corrected chi connectivity index (χ3v) is 3.48. The standard InChI is InChI=1S/C14H20F2N2O/c1-19-7-6-18-5-4-13(10-18)17-9-11-2-3-12(15)8-14(11)16/h2-3,8,13,17H,4-7,9-10H2,1H3/t13-/m0/s1. The lowest BCUT2D eigenvalue weighted by atomic mass is 10.2. The molecule has 0 radical (unpaired) electrons. The van der Waals surface area contributed by atoms with Crippen molar-refractivity contribution in [2.24, 2.45) is 0 Å². The monoisotopic (exact) mass is 270 g/mol. The summed E-state index contributed by atoms with van der Waals surface area (Å²) in [4.78, 5) is 2.32. The Kier molecular flexibility index (Phi) is 5.24. The van der Waals surface area contributed by atoms with Crippen molar-refractivity contribution < 1.29 is 13.5 Å². The molecule has 106 valence electrons. The summed E-state index contributed by atoms with van der Waals surface area (Å²) in [6, 6.07) is 4.08. The molecular formula is C14H20F2N2O. The van der Waals surface area contributed by atoms with Crippen molar-refractivity contribution in [3.63, 3.8) is 0 Å². The molecule has 0 spiro atoms. The van der Waals surface area contributed by atoms with Crippen molar-refractivity contribution in [2.75, 3.05) is 33.4 Å². The zero-order valence-electron chi connectivity index (χ0n) is 11.2. The molecule has 1 aromatic carbocycles. The summed E-state index contributed by atoms with van der Waals surface area (Å²) in [5.74, 6) is -1.02. The van der Waals surface area contributed by atoms with E-state index in [0.717, 1.165) is 38.7 Å². The number of hydrogen-bond acceptors (Lipinski definition) is 3. The fourth-order valence-electron chi connectivity index (χ4n) is 2.34. The molecule has 0 aromatic heterocycles. The molecule has 1 N–H and O–H groups in total. The van der Waals surface area contributed by atoms with Crippen LogP contribution in [0.1, 0.15) is 12.0 Å². The van der Waals surface area contributed by atoms with Crippen molar-refractivity contribution in [1.82, 2.24) is 10.2 Å². The second kappa shape index (κ2) is 6.93. The predicted octanol–water partition coefficient (Wildman–Crippen LogP) is 1.78. The van der Waals surface area contributed by atoms with Crippen LogP contribution in [0.25, 0.3) is 0 Å². The van der Waals surface area contributed by atoms with Crippen LogP contribution in [0.5, 0.6) is 0 Å². The van der Waals surface area contributed by atoms with Crippen LogP contribution in [0.2, 0.25) is 0 Å². The van der Waals surface area contributed by atoms with Gasteiger partial charge in [0.05, 0.1) is 6.61 Å². The first-order chi connectivity index (χ1) is 9.19. The van der Waals surface area contributed by atoms with Crippen LogP contribution in [-0.4, -0.2) is 44.3 Å². The van der Waals surface area contributed by atoms with E-state index in [1.807, 2.05) is 0 Å². The van der Waals surface area contributed by atoms with Gasteiger partial charge >= 0.3 is 0 Å². The first-order valence-electron chi connectivity index (χ1n) is 6.57. The number of hydrogen-bond donors (Lipinski definition) is 1. The number of nitrogens with one attached hydrogen (secondary N) is 1. The van der Waals surface area contributed by atoms with E-state index in [1.54, 1.807) is 7.11 Å². The molecule has 1 aliphatic heterocycles. The third-order valence-electron chi connectivity index (χ3n) is 3.48. The Labute approximate surface area is 112 Å². The average molecular weight is 270 g/mol. The van der Waals surface area contributed by atoms with Crippen LogP contribution < -0.4 is 5.32 Å². The van der Waals surface area contributed by atoms with Gasteiger partial charge in [0, 0.05) is 44.4 Å². The number of halogens is 2. The van der Waals surface area contributed by atoms with Gasteiger partial charge in [0.2, 0.25) is 0 Å². The van der Waals surface area contributed by atoms with E-state index in [0.29, 0.717) is 18.2 Å². The Morgan fingerprint density at radius 3 is 3.00 bits per heavy atom. The van der Waals surface area contributed by atoms with Gasteiger partial charge in [0.25, 0.3) is 0 Å². The zero-order valence-corrected chi connectivity index (χ0v) is 11.2. The number of likely N-dealkylation sites (tertiary alicyclic amines) is 1. The summed E-state index contributed by atoms with van der Waals surface area (Å²) < 4.78 is 31.3. The molecule has 0 unspecified atom stereocenters. The highest BCUT2D eigenvalue weighted by molar-refractivity contribution is 5.18. The molecule has 1 fully saturated rings. The molecule has 1 aliphatic rings. The highest BCUT2D eigenvalue weighted by Gasteiger charge is 2.21. The predicted molar refractivity (Wildman–Crippen MR) is 69.9 cm³/mol. The molecule has 1 saturated heterocycles. The van der Waals surface area contributed by atoms with E-state index in [9.17, 15) is 8.78 Å². The maximum Gasteiger partial charge on any atom is 0.130 e. The maximum absolute atomic E-state index is 13.5. The van der Waals surface area contributed by atoms with Crippen molar-refractivity contribution in [3.05, 3.63) is 35.4 Å². The number of ether oxygens (including phenoxy) is 1. The topological polar surface area (TPSA) is 24.5 Å². The van der Waals surface area contributed by atoms with Crippen LogP contribution in [-0.2, 0) is 11.3 Å². The van der Waals surface area contributed by atoms with Gasteiger partial charge in [-0.25, -0.2) is 8.78 Å². The second-order valence-corrected chi connectivity index (χ2v) is 4.90. The van der Waals surface area contributed by atoms with E-state index in [2.05, 4.69) is 10.2 Å². The van der Waals surface area contributed by atoms with Crippen LogP contribution >= 0.6 is 0 Å². The molecule has 0 bridgehead atoms. The minimum atomic E-state index is -0.534. The van der Waals surface area contributed by atoms with Gasteiger partial charge in [-0.05, 0) is 19.0 Å². The molecule has 0 aliphatic carbocycles. The zero-order chi connectivity index (χ0) is 13.7. The molecule has 2 rings (SSSR count). The fourth-order valence-corrected chi connectivity index (χ4v) is 2.34. The first-order valence-corrected chi connectivity index (χ1v) is 6.57. The Bertz CT molecular complexity index is 414. The molecule has 1 aromatic rings. The fraction of sp³-hybridized carbons (Fsp3) is 0.571. The SMILES string of the molecule is COCCN1CC[C@H](NCc2ccc(F)cc2F)C1. The van der Waals surface area contributed by atoms with Crippen molar-refractivity contribution >= 4 is 0 Å². The highest BCUT2D eigenvalue weighted by atomic mass is 19.1. The van der Waals surface area contributed by atoms with E-state index >= 15 is 0 Å². The lowest BCUT2D eigenvalue weighted by Gasteiger charge is -2.16. The minimum Gasteiger partial charge on any atom is -0.383 e. The van der Waals surface area contributed by atoms with Crippen molar-refractivity contribution in [2.45, 2.75) is 19.0 Å². The largest absolute Gasteiger partial charge is 0.383 e. The third kappa shape index (κ3) is 4.23. The Morgan fingerprint density at radius 2 is 2.26 bits per heavy atom. The summed E-state index contributed by atoms with van der Waals surface area (Å²) in [7, 11) is 1.70. The van der Waals surface area contributed by atoms with Gasteiger partial charge in [-0.1, -0.05) is 6.07 Å².